The van der Waals surface area contributed by atoms with Crippen molar-refractivity contribution in [2.45, 2.75) is 89.9 Å². The standard InChI is InChI=1S/C16H30F2O2S/c1-5-6-10-13(15(19)20-16(2,3)4)21-12-9-7-8-11-14(17)18/h13-14H,5-12H2,1-4H3. The van der Waals surface area contributed by atoms with Gasteiger partial charge in [0.15, 0.2) is 0 Å². The van der Waals surface area contributed by atoms with Crippen LogP contribution in [0.1, 0.15) is 72.6 Å². The van der Waals surface area contributed by atoms with Crippen molar-refractivity contribution in [2.75, 3.05) is 5.75 Å². The summed E-state index contributed by atoms with van der Waals surface area (Å²) < 4.78 is 29.5. The summed E-state index contributed by atoms with van der Waals surface area (Å²) in [6.07, 6.45) is 2.90. The van der Waals surface area contributed by atoms with E-state index in [-0.39, 0.29) is 17.6 Å². The lowest BCUT2D eigenvalue weighted by atomic mass is 10.1. The van der Waals surface area contributed by atoms with Gasteiger partial charge in [-0.2, -0.15) is 0 Å². The van der Waals surface area contributed by atoms with Gasteiger partial charge in [-0.05, 0) is 45.8 Å². The van der Waals surface area contributed by atoms with Crippen LogP contribution in [0.2, 0.25) is 0 Å². The van der Waals surface area contributed by atoms with Crippen LogP contribution in [0.25, 0.3) is 0 Å². The molecule has 1 atom stereocenters. The van der Waals surface area contributed by atoms with Crippen molar-refractivity contribution in [2.24, 2.45) is 0 Å². The third-order valence-corrected chi connectivity index (χ3v) is 4.23. The highest BCUT2D eigenvalue weighted by Crippen LogP contribution is 2.23. The van der Waals surface area contributed by atoms with Crippen LogP contribution >= 0.6 is 11.8 Å². The maximum atomic E-state index is 12.1. The number of ether oxygens (including phenoxy) is 1. The van der Waals surface area contributed by atoms with E-state index in [2.05, 4.69) is 6.92 Å². The zero-order chi connectivity index (χ0) is 16.3. The molecule has 0 saturated carbocycles. The molecule has 0 radical (unpaired) electrons. The minimum atomic E-state index is -2.20. The molecule has 0 fully saturated rings. The molecule has 0 aliphatic carbocycles. The Morgan fingerprint density at radius 3 is 2.29 bits per heavy atom. The molecule has 0 amide bonds. The molecule has 0 rings (SSSR count). The van der Waals surface area contributed by atoms with E-state index in [1.165, 1.54) is 0 Å². The second kappa shape index (κ2) is 11.3. The first-order valence-corrected chi connectivity index (χ1v) is 8.93. The third-order valence-electron chi connectivity index (χ3n) is 2.88. The molecule has 5 heteroatoms. The number of carbonyl (C=O) groups is 1. The lowest BCUT2D eigenvalue weighted by Crippen LogP contribution is -2.30. The van der Waals surface area contributed by atoms with E-state index in [4.69, 9.17) is 4.74 Å². The first kappa shape index (κ1) is 20.7. The van der Waals surface area contributed by atoms with Gasteiger partial charge in [0.25, 0.3) is 0 Å². The summed E-state index contributed by atoms with van der Waals surface area (Å²) in [4.78, 5) is 12.1. The summed E-state index contributed by atoms with van der Waals surface area (Å²) in [6, 6.07) is 0. The van der Waals surface area contributed by atoms with Crippen LogP contribution in [-0.2, 0) is 9.53 Å². The molecule has 1 unspecified atom stereocenters. The monoisotopic (exact) mass is 324 g/mol. The Morgan fingerprint density at radius 2 is 1.76 bits per heavy atom. The Balaban J connectivity index is 4.03. The summed E-state index contributed by atoms with van der Waals surface area (Å²) in [5, 5.41) is -0.126. The van der Waals surface area contributed by atoms with Crippen LogP contribution in [0.5, 0.6) is 0 Å². The smallest absolute Gasteiger partial charge is 0.319 e. The lowest BCUT2D eigenvalue weighted by Gasteiger charge is -2.23. The predicted octanol–water partition coefficient (Wildman–Crippen LogP) is 5.45. The molecule has 2 nitrogen and oxygen atoms in total. The first-order valence-electron chi connectivity index (χ1n) is 7.89. The molecule has 0 spiro atoms. The molecule has 0 aliphatic heterocycles. The molecule has 0 aromatic carbocycles. The van der Waals surface area contributed by atoms with Crippen LogP contribution in [0.3, 0.4) is 0 Å². The summed E-state index contributed by atoms with van der Waals surface area (Å²) >= 11 is 1.61. The average molecular weight is 324 g/mol. The van der Waals surface area contributed by atoms with Crippen LogP contribution in [0.4, 0.5) is 8.78 Å². The molecular weight excluding hydrogens is 294 g/mol. The van der Waals surface area contributed by atoms with Crippen LogP contribution in [0, 0.1) is 0 Å². The minimum Gasteiger partial charge on any atom is -0.459 e. The molecule has 0 heterocycles. The highest BCUT2D eigenvalue weighted by molar-refractivity contribution is 8.00. The zero-order valence-electron chi connectivity index (χ0n) is 13.8. The second-order valence-corrected chi connectivity index (χ2v) is 7.59. The van der Waals surface area contributed by atoms with Gasteiger partial charge in [-0.3, -0.25) is 4.79 Å². The number of hydrogen-bond donors (Lipinski definition) is 0. The highest BCUT2D eigenvalue weighted by atomic mass is 32.2. The first-order chi connectivity index (χ1) is 9.76. The largest absolute Gasteiger partial charge is 0.459 e. The SMILES string of the molecule is CCCCC(SCCCCCC(F)F)C(=O)OC(C)(C)C. The molecule has 21 heavy (non-hydrogen) atoms. The van der Waals surface area contributed by atoms with Gasteiger partial charge in [-0.15, -0.1) is 11.8 Å². The van der Waals surface area contributed by atoms with E-state index < -0.39 is 12.0 Å². The average Bonchev–Trinajstić information content (AvgIpc) is 2.34. The van der Waals surface area contributed by atoms with Crippen LogP contribution in [-0.4, -0.2) is 29.0 Å². The molecule has 0 bridgehead atoms. The van der Waals surface area contributed by atoms with Gasteiger partial charge in [0, 0.05) is 6.42 Å². The number of halogens is 2. The molecular formula is C16H30F2O2S. The van der Waals surface area contributed by atoms with Crippen molar-refractivity contribution in [3.05, 3.63) is 0 Å². The van der Waals surface area contributed by atoms with E-state index in [0.29, 0.717) is 6.42 Å². The van der Waals surface area contributed by atoms with Crippen molar-refractivity contribution in [1.29, 1.82) is 0 Å². The Hall–Kier alpha value is -0.320. The number of unbranched alkanes of at least 4 members (excludes halogenated alkanes) is 3. The van der Waals surface area contributed by atoms with Crippen molar-refractivity contribution in [1.82, 2.24) is 0 Å². The Morgan fingerprint density at radius 1 is 1.10 bits per heavy atom. The summed E-state index contributed by atoms with van der Waals surface area (Å²) in [5.41, 5.74) is -0.459. The fraction of sp³-hybridized carbons (Fsp3) is 0.938. The van der Waals surface area contributed by atoms with Gasteiger partial charge in [-0.25, -0.2) is 8.78 Å². The molecule has 0 aromatic heterocycles. The topological polar surface area (TPSA) is 26.3 Å². The Bertz CT molecular complexity index is 278. The molecule has 0 aromatic rings. The van der Waals surface area contributed by atoms with Gasteiger partial charge in [0.1, 0.15) is 10.9 Å². The van der Waals surface area contributed by atoms with Crippen molar-refractivity contribution in [3.8, 4) is 0 Å². The highest BCUT2D eigenvalue weighted by Gasteiger charge is 2.24. The number of esters is 1. The number of hydrogen-bond acceptors (Lipinski definition) is 3. The summed E-state index contributed by atoms with van der Waals surface area (Å²) in [7, 11) is 0. The van der Waals surface area contributed by atoms with E-state index in [9.17, 15) is 13.6 Å². The molecule has 0 N–H and O–H groups in total. The number of rotatable bonds is 11. The maximum Gasteiger partial charge on any atom is 0.319 e. The minimum absolute atomic E-state index is 0.0179. The quantitative estimate of drug-likeness (QED) is 0.373. The number of alkyl halides is 2. The van der Waals surface area contributed by atoms with Crippen LogP contribution in [0.15, 0.2) is 0 Å². The Labute approximate surface area is 132 Å². The lowest BCUT2D eigenvalue weighted by molar-refractivity contribution is -0.154. The fourth-order valence-electron chi connectivity index (χ4n) is 1.83. The van der Waals surface area contributed by atoms with E-state index in [0.717, 1.165) is 37.9 Å². The van der Waals surface area contributed by atoms with Crippen molar-refractivity contribution in [3.63, 3.8) is 0 Å². The molecule has 0 saturated heterocycles. The zero-order valence-corrected chi connectivity index (χ0v) is 14.6. The number of carbonyl (C=O) groups excluding carboxylic acids is 1. The van der Waals surface area contributed by atoms with E-state index in [1.807, 2.05) is 20.8 Å². The van der Waals surface area contributed by atoms with Gasteiger partial charge in [0.2, 0.25) is 6.43 Å². The third kappa shape index (κ3) is 13.1. The van der Waals surface area contributed by atoms with E-state index in [1.54, 1.807) is 11.8 Å². The summed E-state index contributed by atoms with van der Waals surface area (Å²) in [6.45, 7) is 7.71. The van der Waals surface area contributed by atoms with Gasteiger partial charge in [0.05, 0.1) is 0 Å². The fourth-order valence-corrected chi connectivity index (χ4v) is 3.00. The Kier molecular flexibility index (Phi) is 11.1. The van der Waals surface area contributed by atoms with Crippen molar-refractivity contribution >= 4 is 17.7 Å². The summed E-state index contributed by atoms with van der Waals surface area (Å²) in [5.74, 6) is 0.685. The van der Waals surface area contributed by atoms with Gasteiger partial charge >= 0.3 is 5.97 Å². The van der Waals surface area contributed by atoms with Gasteiger partial charge < -0.3 is 4.74 Å². The molecule has 126 valence electrons. The normalized spacial score (nSPS) is 13.5. The van der Waals surface area contributed by atoms with E-state index >= 15 is 0 Å². The molecule has 0 aliphatic rings. The van der Waals surface area contributed by atoms with Crippen molar-refractivity contribution < 1.29 is 18.3 Å². The van der Waals surface area contributed by atoms with Crippen LogP contribution < -0.4 is 0 Å². The number of thioether (sulfide) groups is 1. The van der Waals surface area contributed by atoms with Gasteiger partial charge in [-0.1, -0.05) is 26.2 Å². The predicted molar refractivity (Wildman–Crippen MR) is 86.1 cm³/mol. The maximum absolute atomic E-state index is 12.1. The second-order valence-electron chi connectivity index (χ2n) is 6.28.